The lowest BCUT2D eigenvalue weighted by Crippen LogP contribution is -2.22. The molecule has 3 amide bonds. The Morgan fingerprint density at radius 1 is 0.846 bits per heavy atom. The molecule has 0 saturated heterocycles. The van der Waals surface area contributed by atoms with Gasteiger partial charge in [-0.1, -0.05) is 36.4 Å². The number of carbonyl (C=O) groups is 3. The van der Waals surface area contributed by atoms with Crippen molar-refractivity contribution in [2.24, 2.45) is 5.10 Å². The van der Waals surface area contributed by atoms with Gasteiger partial charge in [-0.3, -0.25) is 14.4 Å². The normalized spacial score (nSPS) is 11.2. The van der Waals surface area contributed by atoms with Crippen molar-refractivity contribution in [1.82, 2.24) is 16.1 Å². The van der Waals surface area contributed by atoms with Gasteiger partial charge < -0.3 is 15.7 Å². The summed E-state index contributed by atoms with van der Waals surface area (Å²) in [7, 11) is 0. The molecule has 4 N–H and O–H groups in total. The Bertz CT molecular complexity index is 1530. The van der Waals surface area contributed by atoms with Crippen LogP contribution in [0.15, 0.2) is 71.1 Å². The number of nitrogens with zero attached hydrogens (tertiary/aromatic N) is 1. The van der Waals surface area contributed by atoms with Crippen molar-refractivity contribution >= 4 is 68.7 Å². The number of amides is 3. The van der Waals surface area contributed by atoms with Crippen LogP contribution in [-0.2, 0) is 17.9 Å². The fourth-order valence-electron chi connectivity index (χ4n) is 3.52. The second-order valence-electron chi connectivity index (χ2n) is 8.54. The van der Waals surface area contributed by atoms with E-state index in [1.807, 2.05) is 48.5 Å². The summed E-state index contributed by atoms with van der Waals surface area (Å²) < 4.78 is 1.10. The zero-order valence-corrected chi connectivity index (χ0v) is 24.9. The third-order valence-electron chi connectivity index (χ3n) is 5.66. The lowest BCUT2D eigenvalue weighted by molar-refractivity contribution is -0.119. The van der Waals surface area contributed by atoms with E-state index in [0.29, 0.717) is 34.1 Å². The number of hydrogen-bond acceptors (Lipinski definition) is 7. The molecule has 39 heavy (non-hydrogen) atoms. The summed E-state index contributed by atoms with van der Waals surface area (Å²) in [6, 6.07) is 18.6. The standard InChI is InChI=1S/C28H25IN4O4S2/c1-16(22-15-38-26(25(22)35)20-7-9-21(29)10-8-20)32-33-28(37)24-12-11-23(39-24)27(36)31-14-19-5-3-18(4-6-19)13-30-17(2)34/h3-12,15,35H,13-14H2,1-2H3,(H,30,34)(H,31,36)(H,33,37)/b32-16+. The monoisotopic (exact) mass is 672 g/mol. The molecule has 0 spiro atoms. The molecule has 0 bridgehead atoms. The minimum atomic E-state index is -0.444. The van der Waals surface area contributed by atoms with Gasteiger partial charge >= 0.3 is 0 Å². The largest absolute Gasteiger partial charge is 0.506 e. The minimum absolute atomic E-state index is 0.0914. The molecule has 2 aromatic carbocycles. The zero-order valence-electron chi connectivity index (χ0n) is 21.1. The molecular formula is C28H25IN4O4S2. The smallest absolute Gasteiger partial charge is 0.281 e. The van der Waals surface area contributed by atoms with Crippen LogP contribution in [0.3, 0.4) is 0 Å². The number of thiophene rings is 2. The molecule has 0 unspecified atom stereocenters. The number of benzene rings is 2. The van der Waals surface area contributed by atoms with E-state index in [0.717, 1.165) is 36.5 Å². The number of aromatic hydroxyl groups is 1. The van der Waals surface area contributed by atoms with Gasteiger partial charge in [0, 0.05) is 29.0 Å². The summed E-state index contributed by atoms with van der Waals surface area (Å²) >= 11 is 4.70. The first-order chi connectivity index (χ1) is 18.7. The molecule has 4 aromatic rings. The van der Waals surface area contributed by atoms with E-state index in [1.165, 1.54) is 18.3 Å². The van der Waals surface area contributed by atoms with Gasteiger partial charge in [0.2, 0.25) is 5.91 Å². The van der Waals surface area contributed by atoms with Crippen LogP contribution >= 0.6 is 45.3 Å². The van der Waals surface area contributed by atoms with E-state index < -0.39 is 5.91 Å². The van der Waals surface area contributed by atoms with E-state index in [9.17, 15) is 19.5 Å². The van der Waals surface area contributed by atoms with Crippen molar-refractivity contribution in [3.63, 3.8) is 0 Å². The highest BCUT2D eigenvalue weighted by Gasteiger charge is 2.17. The average molecular weight is 673 g/mol. The SMILES string of the molecule is CC(=O)NCc1ccc(CNC(=O)c2ccc(C(=O)N/N=C(\C)c3csc(-c4ccc(I)cc4)c3O)s2)cc1. The topological polar surface area (TPSA) is 120 Å². The highest BCUT2D eigenvalue weighted by molar-refractivity contribution is 14.1. The molecule has 200 valence electrons. The Morgan fingerprint density at radius 3 is 2.05 bits per heavy atom. The molecule has 0 aliphatic heterocycles. The van der Waals surface area contributed by atoms with Crippen LogP contribution < -0.4 is 16.1 Å². The number of carbonyl (C=O) groups excluding carboxylic acids is 3. The van der Waals surface area contributed by atoms with Gasteiger partial charge in [-0.05, 0) is 70.5 Å². The van der Waals surface area contributed by atoms with Gasteiger partial charge in [0.25, 0.3) is 11.8 Å². The Balaban J connectivity index is 1.32. The van der Waals surface area contributed by atoms with Gasteiger partial charge in [-0.25, -0.2) is 5.43 Å². The van der Waals surface area contributed by atoms with Gasteiger partial charge in [0.15, 0.2) is 0 Å². The van der Waals surface area contributed by atoms with E-state index in [4.69, 9.17) is 0 Å². The van der Waals surface area contributed by atoms with E-state index in [1.54, 1.807) is 24.4 Å². The predicted octanol–water partition coefficient (Wildman–Crippen LogP) is 5.51. The molecular weight excluding hydrogens is 647 g/mol. The second kappa shape index (κ2) is 13.0. The molecule has 8 nitrogen and oxygen atoms in total. The van der Waals surface area contributed by atoms with Crippen molar-refractivity contribution in [3.8, 4) is 16.2 Å². The predicted molar refractivity (Wildman–Crippen MR) is 163 cm³/mol. The van der Waals surface area contributed by atoms with Crippen LogP contribution in [0.25, 0.3) is 10.4 Å². The molecule has 0 aliphatic carbocycles. The number of nitrogens with one attached hydrogen (secondary N) is 3. The van der Waals surface area contributed by atoms with Crippen LogP contribution in [0.2, 0.25) is 0 Å². The maximum atomic E-state index is 12.6. The Morgan fingerprint density at radius 2 is 1.44 bits per heavy atom. The summed E-state index contributed by atoms with van der Waals surface area (Å²) in [6.07, 6.45) is 0. The van der Waals surface area contributed by atoms with Crippen LogP contribution in [0.5, 0.6) is 5.75 Å². The molecule has 0 saturated carbocycles. The fourth-order valence-corrected chi connectivity index (χ4v) is 5.70. The summed E-state index contributed by atoms with van der Waals surface area (Å²) in [5, 5.41) is 22.3. The lowest BCUT2D eigenvalue weighted by Gasteiger charge is -2.06. The van der Waals surface area contributed by atoms with Gasteiger partial charge in [0.05, 0.1) is 25.9 Å². The summed E-state index contributed by atoms with van der Waals surface area (Å²) in [4.78, 5) is 37.7. The lowest BCUT2D eigenvalue weighted by atomic mass is 10.1. The summed E-state index contributed by atoms with van der Waals surface area (Å²) in [5.74, 6) is -0.700. The Hall–Kier alpha value is -3.55. The second-order valence-corrected chi connectivity index (χ2v) is 11.8. The number of hydrazone groups is 1. The number of hydrogen-bond donors (Lipinski definition) is 4. The van der Waals surface area contributed by atoms with Crippen molar-refractivity contribution in [1.29, 1.82) is 0 Å². The first kappa shape index (κ1) is 28.5. The maximum Gasteiger partial charge on any atom is 0.281 e. The van der Waals surface area contributed by atoms with Crippen molar-refractivity contribution < 1.29 is 19.5 Å². The summed E-state index contributed by atoms with van der Waals surface area (Å²) in [6.45, 7) is 3.96. The molecule has 4 rings (SSSR count). The highest BCUT2D eigenvalue weighted by Crippen LogP contribution is 2.38. The molecule has 11 heteroatoms. The van der Waals surface area contributed by atoms with Gasteiger partial charge in [-0.2, -0.15) is 5.10 Å². The summed E-state index contributed by atoms with van der Waals surface area (Å²) in [5.41, 5.74) is 6.30. The van der Waals surface area contributed by atoms with E-state index >= 15 is 0 Å². The third kappa shape index (κ3) is 7.52. The van der Waals surface area contributed by atoms with E-state index in [2.05, 4.69) is 43.8 Å². The van der Waals surface area contributed by atoms with Gasteiger partial charge in [-0.15, -0.1) is 22.7 Å². The van der Waals surface area contributed by atoms with Crippen LogP contribution in [0.1, 0.15) is 49.9 Å². The fraction of sp³-hybridized carbons (Fsp3) is 0.143. The molecule has 0 aliphatic rings. The average Bonchev–Trinajstić information content (AvgIpc) is 3.58. The number of halogens is 1. The van der Waals surface area contributed by atoms with Crippen molar-refractivity contribution in [2.75, 3.05) is 0 Å². The highest BCUT2D eigenvalue weighted by atomic mass is 127. The Kier molecular flexibility index (Phi) is 9.49. The van der Waals surface area contributed by atoms with Crippen LogP contribution in [0, 0.1) is 3.57 Å². The van der Waals surface area contributed by atoms with Crippen molar-refractivity contribution in [2.45, 2.75) is 26.9 Å². The zero-order chi connectivity index (χ0) is 27.9. The quantitative estimate of drug-likeness (QED) is 0.107. The molecule has 0 radical (unpaired) electrons. The first-order valence-corrected chi connectivity index (χ1v) is 14.6. The van der Waals surface area contributed by atoms with Crippen LogP contribution in [-0.4, -0.2) is 28.5 Å². The molecule has 2 heterocycles. The first-order valence-electron chi connectivity index (χ1n) is 11.8. The van der Waals surface area contributed by atoms with Gasteiger partial charge in [0.1, 0.15) is 5.75 Å². The Labute approximate surface area is 247 Å². The van der Waals surface area contributed by atoms with Crippen LogP contribution in [0.4, 0.5) is 0 Å². The third-order valence-corrected chi connectivity index (χ3v) is 8.48. The van der Waals surface area contributed by atoms with E-state index in [-0.39, 0.29) is 17.6 Å². The van der Waals surface area contributed by atoms with Crippen molar-refractivity contribution in [3.05, 3.63) is 96.1 Å². The minimum Gasteiger partial charge on any atom is -0.506 e. The molecule has 2 aromatic heterocycles. The number of rotatable bonds is 9. The maximum absolute atomic E-state index is 12.6. The molecule has 0 fully saturated rings. The molecule has 0 atom stereocenters.